The van der Waals surface area contributed by atoms with Crippen LogP contribution >= 0.6 is 0 Å². The Labute approximate surface area is 226 Å². The third-order valence-electron chi connectivity index (χ3n) is 6.71. The maximum atomic E-state index is 12.5. The van der Waals surface area contributed by atoms with Crippen molar-refractivity contribution in [3.63, 3.8) is 0 Å². The van der Waals surface area contributed by atoms with E-state index in [1.54, 1.807) is 29.3 Å². The molecule has 0 radical (unpaired) electrons. The van der Waals surface area contributed by atoms with Crippen LogP contribution in [-0.4, -0.2) is 85.7 Å². The van der Waals surface area contributed by atoms with E-state index in [0.717, 1.165) is 47.1 Å². The Balaban J connectivity index is 1.27. The van der Waals surface area contributed by atoms with E-state index >= 15 is 0 Å². The average Bonchev–Trinajstić information content (AvgIpc) is 3.53. The van der Waals surface area contributed by atoms with E-state index in [-0.39, 0.29) is 5.25 Å². The first-order valence-electron chi connectivity index (χ1n) is 12.7. The molecule has 4 aromatic heterocycles. The van der Waals surface area contributed by atoms with Gasteiger partial charge in [0.2, 0.25) is 0 Å². The van der Waals surface area contributed by atoms with E-state index in [4.69, 9.17) is 0 Å². The van der Waals surface area contributed by atoms with Crippen LogP contribution in [0.4, 0.5) is 17.3 Å². The van der Waals surface area contributed by atoms with Gasteiger partial charge in [0, 0.05) is 57.9 Å². The lowest BCUT2D eigenvalue weighted by atomic mass is 10.1. The van der Waals surface area contributed by atoms with Crippen LogP contribution in [0.25, 0.3) is 11.4 Å². The summed E-state index contributed by atoms with van der Waals surface area (Å²) in [5.41, 5.74) is 3.19. The van der Waals surface area contributed by atoms with Crippen molar-refractivity contribution in [3.8, 4) is 23.2 Å². The number of aryl methyl sites for hydroxylation is 1. The van der Waals surface area contributed by atoms with E-state index in [0.29, 0.717) is 35.9 Å². The molecule has 0 spiro atoms. The highest BCUT2D eigenvalue weighted by molar-refractivity contribution is 7.90. The van der Waals surface area contributed by atoms with Crippen molar-refractivity contribution in [1.29, 1.82) is 0 Å². The molecular weight excluding hydrogens is 516 g/mol. The molecule has 1 aliphatic heterocycles. The van der Waals surface area contributed by atoms with Crippen LogP contribution in [0.1, 0.15) is 24.0 Å². The minimum atomic E-state index is -3.46. The van der Waals surface area contributed by atoms with Crippen molar-refractivity contribution in [2.24, 2.45) is 7.05 Å². The number of aromatic nitrogens is 7. The van der Waals surface area contributed by atoms with Crippen LogP contribution < -0.4 is 10.2 Å². The third kappa shape index (κ3) is 5.47. The molecule has 1 aliphatic carbocycles. The number of nitrogens with one attached hydrogen (secondary N) is 1. The second-order valence-electron chi connectivity index (χ2n) is 9.77. The maximum Gasteiger partial charge on any atom is 0.256 e. The molecule has 0 atom stereocenters. The van der Waals surface area contributed by atoms with Crippen molar-refractivity contribution in [3.05, 3.63) is 60.4 Å². The zero-order chi connectivity index (χ0) is 27.0. The lowest BCUT2D eigenvalue weighted by molar-refractivity contribution is 0.313. The van der Waals surface area contributed by atoms with Gasteiger partial charge in [0.15, 0.2) is 5.82 Å². The smallest absolute Gasteiger partial charge is 0.256 e. The molecule has 2 fully saturated rings. The molecule has 0 unspecified atom stereocenters. The van der Waals surface area contributed by atoms with Gasteiger partial charge in [0.1, 0.15) is 11.6 Å². The van der Waals surface area contributed by atoms with Gasteiger partial charge in [-0.15, -0.1) is 0 Å². The first kappa shape index (κ1) is 25.0. The molecule has 0 amide bonds. The number of rotatable bonds is 6. The monoisotopic (exact) mass is 544 g/mol. The van der Waals surface area contributed by atoms with Gasteiger partial charge in [-0.1, -0.05) is 11.8 Å². The van der Waals surface area contributed by atoms with Gasteiger partial charge < -0.3 is 15.1 Å². The molecule has 1 saturated heterocycles. The lowest BCUT2D eigenvalue weighted by Crippen LogP contribution is -2.44. The summed E-state index contributed by atoms with van der Waals surface area (Å²) in [6.45, 7) is 3.68. The summed E-state index contributed by atoms with van der Waals surface area (Å²) in [7, 11) is 0.532. The van der Waals surface area contributed by atoms with E-state index in [1.165, 1.54) is 12.4 Å². The van der Waals surface area contributed by atoms with Gasteiger partial charge in [-0.3, -0.25) is 4.68 Å². The second kappa shape index (κ2) is 10.1. The number of anilines is 3. The molecule has 39 heavy (non-hydrogen) atoms. The van der Waals surface area contributed by atoms with Gasteiger partial charge in [0.25, 0.3) is 10.0 Å². The number of likely N-dealkylation sites (N-methyl/N-ethyl adjacent to an activating group) is 1. The Morgan fingerprint density at radius 2 is 1.77 bits per heavy atom. The van der Waals surface area contributed by atoms with E-state index in [2.05, 4.69) is 59.2 Å². The summed E-state index contributed by atoms with van der Waals surface area (Å²) in [4.78, 5) is 18.1. The van der Waals surface area contributed by atoms with Crippen molar-refractivity contribution in [1.82, 2.24) is 38.8 Å². The van der Waals surface area contributed by atoms with Crippen LogP contribution in [0.2, 0.25) is 0 Å². The normalized spacial score (nSPS) is 16.1. The standard InChI is InChI=1S/C26H28N10O2S/c1-33-9-11-35(12-10-33)23-13-25(28-15-20(23)4-3-19-14-29-34(2)17-19)31-24-7-8-27-26(32-24)21-16-30-36(18-21)39(37,38)22-5-6-22/h7-8,13-18,22H,5-6,9-12H2,1-2H3,(H,27,28,31,32). The molecule has 12 nitrogen and oxygen atoms in total. The topological polar surface area (TPSA) is 127 Å². The maximum absolute atomic E-state index is 12.5. The Morgan fingerprint density at radius 3 is 2.51 bits per heavy atom. The van der Waals surface area contributed by atoms with Crippen molar-refractivity contribution < 1.29 is 8.42 Å². The fourth-order valence-electron chi connectivity index (χ4n) is 4.32. The number of piperazine rings is 1. The van der Waals surface area contributed by atoms with Gasteiger partial charge in [0.05, 0.1) is 46.2 Å². The molecule has 2 aliphatic rings. The van der Waals surface area contributed by atoms with Crippen LogP contribution in [0.15, 0.2) is 49.3 Å². The summed E-state index contributed by atoms with van der Waals surface area (Å²) in [5, 5.41) is 11.2. The Kier molecular flexibility index (Phi) is 6.49. The van der Waals surface area contributed by atoms with Crippen molar-refractivity contribution in [2.75, 3.05) is 43.4 Å². The fourth-order valence-corrected chi connectivity index (χ4v) is 5.80. The first-order valence-corrected chi connectivity index (χ1v) is 14.2. The predicted molar refractivity (Wildman–Crippen MR) is 147 cm³/mol. The molecule has 13 heteroatoms. The highest BCUT2D eigenvalue weighted by Gasteiger charge is 2.37. The van der Waals surface area contributed by atoms with Crippen LogP contribution in [-0.2, 0) is 17.1 Å². The van der Waals surface area contributed by atoms with Gasteiger partial charge in [-0.05, 0) is 26.0 Å². The Hall–Kier alpha value is -4.28. The molecule has 1 saturated carbocycles. The lowest BCUT2D eigenvalue weighted by Gasteiger charge is -2.34. The van der Waals surface area contributed by atoms with Crippen molar-refractivity contribution in [2.45, 2.75) is 18.1 Å². The average molecular weight is 545 g/mol. The highest BCUT2D eigenvalue weighted by atomic mass is 32.2. The molecule has 5 heterocycles. The van der Waals surface area contributed by atoms with Gasteiger partial charge >= 0.3 is 0 Å². The Bertz CT molecular complexity index is 1670. The minimum Gasteiger partial charge on any atom is -0.368 e. The number of hydrogen-bond donors (Lipinski definition) is 1. The molecule has 4 aromatic rings. The summed E-state index contributed by atoms with van der Waals surface area (Å²) < 4.78 is 27.8. The number of pyridine rings is 1. The zero-order valence-electron chi connectivity index (χ0n) is 21.7. The largest absolute Gasteiger partial charge is 0.368 e. The molecule has 0 aromatic carbocycles. The second-order valence-corrected chi connectivity index (χ2v) is 11.8. The van der Waals surface area contributed by atoms with E-state index < -0.39 is 10.0 Å². The fraction of sp³-hybridized carbons (Fsp3) is 0.346. The summed E-state index contributed by atoms with van der Waals surface area (Å²) in [5.74, 6) is 7.97. The molecule has 6 rings (SSSR count). The summed E-state index contributed by atoms with van der Waals surface area (Å²) in [6.07, 6.45) is 11.3. The highest BCUT2D eigenvalue weighted by Crippen LogP contribution is 2.30. The predicted octanol–water partition coefficient (Wildman–Crippen LogP) is 1.70. The van der Waals surface area contributed by atoms with E-state index in [9.17, 15) is 8.42 Å². The molecule has 200 valence electrons. The van der Waals surface area contributed by atoms with Gasteiger partial charge in [-0.25, -0.2) is 23.4 Å². The SMILES string of the molecule is CN1CCN(c2cc(Nc3ccnc(-c4cnn(S(=O)(=O)C5CC5)c4)n3)ncc2C#Cc2cnn(C)c2)CC1. The molecule has 0 bridgehead atoms. The summed E-state index contributed by atoms with van der Waals surface area (Å²) >= 11 is 0. The molecule has 1 N–H and O–H groups in total. The molecular formula is C26H28N10O2S. The zero-order valence-corrected chi connectivity index (χ0v) is 22.5. The number of hydrogen-bond acceptors (Lipinski definition) is 10. The van der Waals surface area contributed by atoms with Crippen LogP contribution in [0.5, 0.6) is 0 Å². The Morgan fingerprint density at radius 1 is 0.949 bits per heavy atom. The van der Waals surface area contributed by atoms with Crippen LogP contribution in [0, 0.1) is 11.8 Å². The summed E-state index contributed by atoms with van der Waals surface area (Å²) in [6, 6.07) is 3.72. The third-order valence-corrected chi connectivity index (χ3v) is 8.74. The minimum absolute atomic E-state index is 0.350. The van der Waals surface area contributed by atoms with Gasteiger partial charge in [-0.2, -0.15) is 14.3 Å². The van der Waals surface area contributed by atoms with Crippen LogP contribution in [0.3, 0.4) is 0 Å². The van der Waals surface area contributed by atoms with E-state index in [1.807, 2.05) is 19.3 Å². The quantitative estimate of drug-likeness (QED) is 0.358. The first-order chi connectivity index (χ1) is 18.8. The van der Waals surface area contributed by atoms with Crippen molar-refractivity contribution >= 4 is 27.3 Å². The number of nitrogens with zero attached hydrogens (tertiary/aromatic N) is 9.